The molecule has 0 spiro atoms. The summed E-state index contributed by atoms with van der Waals surface area (Å²) in [5.41, 5.74) is 3.87. The number of benzene rings is 2. The van der Waals surface area contributed by atoms with Crippen LogP contribution < -0.4 is 5.32 Å². The lowest BCUT2D eigenvalue weighted by atomic mass is 9.94. The Morgan fingerprint density at radius 1 is 0.889 bits per heavy atom. The molecule has 2 aromatic rings. The molecule has 18 heavy (non-hydrogen) atoms. The first-order valence-electron chi connectivity index (χ1n) is 6.55. The van der Waals surface area contributed by atoms with Gasteiger partial charge in [0.2, 0.25) is 0 Å². The lowest BCUT2D eigenvalue weighted by molar-refractivity contribution is 0.650. The first-order valence-corrected chi connectivity index (χ1v) is 6.55. The number of aryl methyl sites for hydroxylation is 1. The molecule has 0 bridgehead atoms. The van der Waals surface area contributed by atoms with Gasteiger partial charge in [-0.25, -0.2) is 0 Å². The van der Waals surface area contributed by atoms with E-state index in [1.807, 2.05) is 0 Å². The summed E-state index contributed by atoms with van der Waals surface area (Å²) in [6, 6.07) is 19.6. The van der Waals surface area contributed by atoms with Crippen LogP contribution in [0.3, 0.4) is 0 Å². The molecule has 0 saturated carbocycles. The van der Waals surface area contributed by atoms with Gasteiger partial charge >= 0.3 is 0 Å². The molecule has 0 heterocycles. The molecule has 0 aromatic heterocycles. The third kappa shape index (κ3) is 3.13. The Morgan fingerprint density at radius 3 is 2.28 bits per heavy atom. The molecule has 1 nitrogen and oxygen atoms in total. The molecule has 1 heteroatoms. The first kappa shape index (κ1) is 12.7. The highest BCUT2D eigenvalue weighted by molar-refractivity contribution is 5.46. The maximum Gasteiger partial charge on any atom is 0.0345 e. The van der Waals surface area contributed by atoms with Crippen molar-refractivity contribution in [1.82, 2.24) is 0 Å². The highest BCUT2D eigenvalue weighted by Crippen LogP contribution is 2.22. The molecule has 94 valence electrons. The topological polar surface area (TPSA) is 12.0 Å². The molecule has 0 aliphatic heterocycles. The average molecular weight is 239 g/mol. The average Bonchev–Trinajstić information content (AvgIpc) is 2.39. The second-order valence-electron chi connectivity index (χ2n) is 5.00. The van der Waals surface area contributed by atoms with Gasteiger partial charge in [0.05, 0.1) is 0 Å². The van der Waals surface area contributed by atoms with Crippen molar-refractivity contribution in [3.05, 3.63) is 65.7 Å². The van der Waals surface area contributed by atoms with E-state index in [4.69, 9.17) is 0 Å². The summed E-state index contributed by atoms with van der Waals surface area (Å²) in [4.78, 5) is 0. The molecule has 1 N–H and O–H groups in total. The maximum atomic E-state index is 3.58. The van der Waals surface area contributed by atoms with E-state index in [-0.39, 0.29) is 0 Å². The van der Waals surface area contributed by atoms with Gasteiger partial charge in [0.1, 0.15) is 0 Å². The summed E-state index contributed by atoms with van der Waals surface area (Å²) in [6.07, 6.45) is 0. The van der Waals surface area contributed by atoms with E-state index in [9.17, 15) is 0 Å². The van der Waals surface area contributed by atoms with Crippen LogP contribution in [0.4, 0.5) is 5.69 Å². The molecule has 0 radical (unpaired) electrons. The van der Waals surface area contributed by atoms with Crippen molar-refractivity contribution in [2.24, 2.45) is 0 Å². The second-order valence-corrected chi connectivity index (χ2v) is 5.00. The standard InChI is InChI=1S/C17H21N/c1-13-8-7-11-17(12-13)18-15(3)14(2)16-9-5-4-6-10-16/h4-12,14-15,18H,1-3H3. The third-order valence-corrected chi connectivity index (χ3v) is 3.49. The molecule has 0 aliphatic rings. The minimum absolute atomic E-state index is 0.411. The monoisotopic (exact) mass is 239 g/mol. The second kappa shape index (κ2) is 5.72. The molecule has 0 amide bonds. The summed E-state index contributed by atoms with van der Waals surface area (Å²) >= 11 is 0. The van der Waals surface area contributed by atoms with E-state index in [0.29, 0.717) is 12.0 Å². The Bertz CT molecular complexity index is 490. The van der Waals surface area contributed by atoms with Gasteiger partial charge in [0, 0.05) is 17.6 Å². The fraction of sp³-hybridized carbons (Fsp3) is 0.294. The van der Waals surface area contributed by atoms with Gasteiger partial charge in [-0.1, -0.05) is 49.4 Å². The zero-order chi connectivity index (χ0) is 13.0. The molecule has 0 aliphatic carbocycles. The summed E-state index contributed by atoms with van der Waals surface area (Å²) in [5.74, 6) is 0.492. The predicted octanol–water partition coefficient (Wildman–Crippen LogP) is 4.60. The fourth-order valence-corrected chi connectivity index (χ4v) is 2.17. The first-order chi connectivity index (χ1) is 8.66. The molecule has 0 saturated heterocycles. The van der Waals surface area contributed by atoms with Crippen molar-refractivity contribution in [2.45, 2.75) is 32.7 Å². The SMILES string of the molecule is Cc1cccc(NC(C)C(C)c2ccccc2)c1. The van der Waals surface area contributed by atoms with E-state index in [2.05, 4.69) is 80.7 Å². The Balaban J connectivity index is 2.06. The van der Waals surface area contributed by atoms with Crippen LogP contribution >= 0.6 is 0 Å². The molecule has 2 atom stereocenters. The van der Waals surface area contributed by atoms with Crippen molar-refractivity contribution < 1.29 is 0 Å². The number of rotatable bonds is 4. The summed E-state index contributed by atoms with van der Waals surface area (Å²) in [6.45, 7) is 6.62. The van der Waals surface area contributed by atoms with Crippen molar-refractivity contribution in [2.75, 3.05) is 5.32 Å². The smallest absolute Gasteiger partial charge is 0.0345 e. The van der Waals surface area contributed by atoms with Gasteiger partial charge in [0.25, 0.3) is 0 Å². The van der Waals surface area contributed by atoms with Crippen LogP contribution in [0.25, 0.3) is 0 Å². The number of nitrogens with one attached hydrogen (secondary N) is 1. The normalized spacial score (nSPS) is 13.9. The molecule has 2 aromatic carbocycles. The highest BCUT2D eigenvalue weighted by atomic mass is 14.9. The Labute approximate surface area is 110 Å². The number of anilines is 1. The largest absolute Gasteiger partial charge is 0.382 e. The zero-order valence-corrected chi connectivity index (χ0v) is 11.4. The van der Waals surface area contributed by atoms with E-state index in [0.717, 1.165) is 0 Å². The molecular formula is C17H21N. The van der Waals surface area contributed by atoms with Gasteiger partial charge in [-0.15, -0.1) is 0 Å². The number of hydrogen-bond donors (Lipinski definition) is 1. The van der Waals surface area contributed by atoms with Gasteiger partial charge < -0.3 is 5.32 Å². The zero-order valence-electron chi connectivity index (χ0n) is 11.4. The maximum absolute atomic E-state index is 3.58. The van der Waals surface area contributed by atoms with Crippen molar-refractivity contribution in [3.8, 4) is 0 Å². The lowest BCUT2D eigenvalue weighted by Gasteiger charge is -2.23. The molecular weight excluding hydrogens is 218 g/mol. The van der Waals surface area contributed by atoms with Crippen LogP contribution in [0.5, 0.6) is 0 Å². The van der Waals surface area contributed by atoms with E-state index >= 15 is 0 Å². The van der Waals surface area contributed by atoms with Crippen LogP contribution in [0.1, 0.15) is 30.9 Å². The van der Waals surface area contributed by atoms with E-state index in [1.54, 1.807) is 0 Å². The Hall–Kier alpha value is -1.76. The number of hydrogen-bond acceptors (Lipinski definition) is 1. The van der Waals surface area contributed by atoms with Crippen LogP contribution in [0, 0.1) is 6.92 Å². The quantitative estimate of drug-likeness (QED) is 0.822. The highest BCUT2D eigenvalue weighted by Gasteiger charge is 2.13. The van der Waals surface area contributed by atoms with Gasteiger partial charge in [0.15, 0.2) is 0 Å². The Kier molecular flexibility index (Phi) is 4.03. The minimum Gasteiger partial charge on any atom is -0.382 e. The summed E-state index contributed by atoms with van der Waals surface area (Å²) < 4.78 is 0. The van der Waals surface area contributed by atoms with E-state index in [1.165, 1.54) is 16.8 Å². The fourth-order valence-electron chi connectivity index (χ4n) is 2.17. The molecule has 2 rings (SSSR count). The lowest BCUT2D eigenvalue weighted by Crippen LogP contribution is -2.22. The van der Waals surface area contributed by atoms with Crippen molar-refractivity contribution in [1.29, 1.82) is 0 Å². The van der Waals surface area contributed by atoms with Gasteiger partial charge in [-0.2, -0.15) is 0 Å². The van der Waals surface area contributed by atoms with Crippen LogP contribution in [-0.2, 0) is 0 Å². The molecule has 2 unspecified atom stereocenters. The summed E-state index contributed by atoms with van der Waals surface area (Å²) in [7, 11) is 0. The van der Waals surface area contributed by atoms with Gasteiger partial charge in [-0.3, -0.25) is 0 Å². The van der Waals surface area contributed by atoms with Crippen molar-refractivity contribution in [3.63, 3.8) is 0 Å². The van der Waals surface area contributed by atoms with Crippen molar-refractivity contribution >= 4 is 5.69 Å². The van der Waals surface area contributed by atoms with Gasteiger partial charge in [-0.05, 0) is 37.1 Å². The third-order valence-electron chi connectivity index (χ3n) is 3.49. The van der Waals surface area contributed by atoms with E-state index < -0.39 is 0 Å². The minimum atomic E-state index is 0.411. The summed E-state index contributed by atoms with van der Waals surface area (Å²) in [5, 5.41) is 3.58. The van der Waals surface area contributed by atoms with Crippen LogP contribution in [0.2, 0.25) is 0 Å². The predicted molar refractivity (Wildman–Crippen MR) is 79.1 cm³/mol. The van der Waals surface area contributed by atoms with Crippen LogP contribution in [0.15, 0.2) is 54.6 Å². The van der Waals surface area contributed by atoms with Crippen LogP contribution in [-0.4, -0.2) is 6.04 Å². The molecule has 0 fully saturated rings. The Morgan fingerprint density at radius 2 is 1.61 bits per heavy atom.